The quantitative estimate of drug-likeness (QED) is 0.701. The Morgan fingerprint density at radius 1 is 1.11 bits per heavy atom. The molecule has 1 amide bonds. The number of hydrogen-bond acceptors (Lipinski definition) is 5. The van der Waals surface area contributed by atoms with Gasteiger partial charge >= 0.3 is 0 Å². The normalized spacial score (nSPS) is 11.3. The van der Waals surface area contributed by atoms with Gasteiger partial charge < -0.3 is 15.4 Å². The van der Waals surface area contributed by atoms with E-state index >= 15 is 0 Å². The van der Waals surface area contributed by atoms with Crippen molar-refractivity contribution in [2.24, 2.45) is 0 Å². The number of halogens is 2. The molecule has 0 atom stereocenters. The number of rotatable bonds is 7. The molecule has 0 aromatic heterocycles. The zero-order valence-corrected chi connectivity index (χ0v) is 17.2. The summed E-state index contributed by atoms with van der Waals surface area (Å²) in [6, 6.07) is 9.10. The summed E-state index contributed by atoms with van der Waals surface area (Å²) in [4.78, 5) is 12.3. The average molecular weight is 432 g/mol. The minimum absolute atomic E-state index is 0.0392. The van der Waals surface area contributed by atoms with Crippen molar-refractivity contribution in [1.29, 1.82) is 0 Å². The SMILES string of the molecule is COc1ccc(S(=O)(=O)N(C)C)cc1NC(=O)CNc1ccc(Cl)cc1Cl. The van der Waals surface area contributed by atoms with Crippen LogP contribution in [0.3, 0.4) is 0 Å². The van der Waals surface area contributed by atoms with Gasteiger partial charge in [0.2, 0.25) is 15.9 Å². The summed E-state index contributed by atoms with van der Waals surface area (Å²) < 4.78 is 30.8. The van der Waals surface area contributed by atoms with E-state index in [1.807, 2.05) is 0 Å². The van der Waals surface area contributed by atoms with Crippen molar-refractivity contribution in [1.82, 2.24) is 4.31 Å². The molecule has 10 heteroatoms. The molecule has 0 heterocycles. The first-order chi connectivity index (χ1) is 12.6. The van der Waals surface area contributed by atoms with Crippen LogP contribution < -0.4 is 15.4 Å². The third kappa shape index (κ3) is 5.26. The fraction of sp³-hybridized carbons (Fsp3) is 0.235. The van der Waals surface area contributed by atoms with Crippen molar-refractivity contribution in [3.63, 3.8) is 0 Å². The standard InChI is InChI=1S/C17H19Cl2N3O4S/c1-22(2)27(24,25)12-5-7-16(26-3)15(9-12)21-17(23)10-20-14-6-4-11(18)8-13(14)19/h4-9,20H,10H2,1-3H3,(H,21,23). The van der Waals surface area contributed by atoms with E-state index in [4.69, 9.17) is 27.9 Å². The molecule has 0 unspecified atom stereocenters. The Bertz CT molecular complexity index is 949. The highest BCUT2D eigenvalue weighted by Crippen LogP contribution is 2.29. The molecule has 7 nitrogen and oxygen atoms in total. The molecule has 0 fully saturated rings. The van der Waals surface area contributed by atoms with Crippen LogP contribution in [-0.4, -0.2) is 46.4 Å². The lowest BCUT2D eigenvalue weighted by molar-refractivity contribution is -0.114. The second kappa shape index (κ2) is 8.79. The largest absolute Gasteiger partial charge is 0.495 e. The van der Waals surface area contributed by atoms with Crippen molar-refractivity contribution in [2.45, 2.75) is 4.90 Å². The highest BCUT2D eigenvalue weighted by Gasteiger charge is 2.19. The summed E-state index contributed by atoms with van der Waals surface area (Å²) in [5, 5.41) is 6.39. The maximum atomic E-state index is 12.3. The predicted molar refractivity (Wildman–Crippen MR) is 107 cm³/mol. The number of nitrogens with one attached hydrogen (secondary N) is 2. The van der Waals surface area contributed by atoms with Crippen LogP contribution in [0.5, 0.6) is 5.75 Å². The molecular formula is C17H19Cl2N3O4S. The Labute approximate surface area is 168 Å². The van der Waals surface area contributed by atoms with Gasteiger partial charge in [0.25, 0.3) is 0 Å². The molecule has 0 spiro atoms. The molecule has 0 radical (unpaired) electrons. The molecule has 27 heavy (non-hydrogen) atoms. The Morgan fingerprint density at radius 3 is 2.41 bits per heavy atom. The topological polar surface area (TPSA) is 87.7 Å². The molecule has 146 valence electrons. The first-order valence-corrected chi connectivity index (χ1v) is 9.94. The van der Waals surface area contributed by atoms with E-state index in [0.717, 1.165) is 4.31 Å². The lowest BCUT2D eigenvalue weighted by Crippen LogP contribution is -2.24. The second-order valence-corrected chi connectivity index (χ2v) is 8.67. The van der Waals surface area contributed by atoms with Gasteiger partial charge in [0.05, 0.1) is 34.9 Å². The molecule has 0 aliphatic heterocycles. The first-order valence-electron chi connectivity index (χ1n) is 7.74. The Balaban J connectivity index is 2.16. The van der Waals surface area contributed by atoms with Gasteiger partial charge in [-0.2, -0.15) is 0 Å². The summed E-state index contributed by atoms with van der Waals surface area (Å²) in [6.45, 7) is -0.0881. The molecule has 2 rings (SSSR count). The maximum absolute atomic E-state index is 12.3. The number of nitrogens with zero attached hydrogens (tertiary/aromatic N) is 1. The van der Waals surface area contributed by atoms with Gasteiger partial charge in [-0.15, -0.1) is 0 Å². The van der Waals surface area contributed by atoms with E-state index in [-0.39, 0.29) is 17.1 Å². The number of anilines is 2. The van der Waals surface area contributed by atoms with E-state index in [1.165, 1.54) is 39.4 Å². The van der Waals surface area contributed by atoms with Gasteiger partial charge in [0.15, 0.2) is 0 Å². The van der Waals surface area contributed by atoms with E-state index in [1.54, 1.807) is 18.2 Å². The van der Waals surface area contributed by atoms with E-state index in [9.17, 15) is 13.2 Å². The molecule has 0 aliphatic carbocycles. The van der Waals surface area contributed by atoms with Crippen molar-refractivity contribution >= 4 is 50.5 Å². The average Bonchev–Trinajstić information content (AvgIpc) is 2.60. The second-order valence-electron chi connectivity index (χ2n) is 5.68. The zero-order valence-electron chi connectivity index (χ0n) is 14.9. The summed E-state index contributed by atoms with van der Waals surface area (Å²) in [5.74, 6) is -0.0655. The van der Waals surface area contributed by atoms with Gasteiger partial charge in [0, 0.05) is 19.1 Å². The van der Waals surface area contributed by atoms with E-state index < -0.39 is 15.9 Å². The minimum atomic E-state index is -3.64. The minimum Gasteiger partial charge on any atom is -0.495 e. The molecular weight excluding hydrogens is 413 g/mol. The predicted octanol–water partition coefficient (Wildman–Crippen LogP) is 3.30. The molecule has 0 aliphatic rings. The molecule has 2 aromatic rings. The van der Waals surface area contributed by atoms with E-state index in [2.05, 4.69) is 10.6 Å². The number of ether oxygens (including phenoxy) is 1. The Hall–Kier alpha value is -2.00. The Morgan fingerprint density at radius 2 is 1.81 bits per heavy atom. The number of carbonyl (C=O) groups is 1. The summed E-state index contributed by atoms with van der Waals surface area (Å²) in [5.41, 5.74) is 0.793. The Kier molecular flexibility index (Phi) is 6.94. The van der Waals surface area contributed by atoms with Crippen LogP contribution in [0.1, 0.15) is 0 Å². The molecule has 0 saturated carbocycles. The van der Waals surface area contributed by atoms with Crippen molar-refractivity contribution in [3.8, 4) is 5.75 Å². The van der Waals surface area contributed by atoms with Crippen LogP contribution in [0.25, 0.3) is 0 Å². The number of methoxy groups -OCH3 is 1. The van der Waals surface area contributed by atoms with Crippen molar-refractivity contribution in [2.75, 3.05) is 38.4 Å². The number of amides is 1. The smallest absolute Gasteiger partial charge is 0.243 e. The molecule has 0 saturated heterocycles. The third-order valence-corrected chi connectivity index (χ3v) is 5.95. The number of sulfonamides is 1. The highest BCUT2D eigenvalue weighted by molar-refractivity contribution is 7.89. The monoisotopic (exact) mass is 431 g/mol. The van der Waals surface area contributed by atoms with Crippen LogP contribution >= 0.6 is 23.2 Å². The van der Waals surface area contributed by atoms with Crippen LogP contribution in [0.2, 0.25) is 10.0 Å². The number of benzene rings is 2. The van der Waals surface area contributed by atoms with Gasteiger partial charge in [-0.3, -0.25) is 4.79 Å². The van der Waals surface area contributed by atoms with Crippen LogP contribution in [0.15, 0.2) is 41.3 Å². The summed E-state index contributed by atoms with van der Waals surface area (Å²) in [7, 11) is 0.640. The van der Waals surface area contributed by atoms with Crippen LogP contribution in [0, 0.1) is 0 Å². The van der Waals surface area contributed by atoms with Crippen molar-refractivity contribution < 1.29 is 17.9 Å². The third-order valence-electron chi connectivity index (χ3n) is 3.59. The lowest BCUT2D eigenvalue weighted by atomic mass is 10.3. The highest BCUT2D eigenvalue weighted by atomic mass is 35.5. The number of carbonyl (C=O) groups excluding carboxylic acids is 1. The van der Waals surface area contributed by atoms with Gasteiger partial charge in [-0.05, 0) is 36.4 Å². The lowest BCUT2D eigenvalue weighted by Gasteiger charge is -2.15. The fourth-order valence-electron chi connectivity index (χ4n) is 2.16. The van der Waals surface area contributed by atoms with Crippen molar-refractivity contribution in [3.05, 3.63) is 46.4 Å². The molecule has 2 aromatic carbocycles. The zero-order chi connectivity index (χ0) is 20.2. The van der Waals surface area contributed by atoms with Crippen LogP contribution in [0.4, 0.5) is 11.4 Å². The van der Waals surface area contributed by atoms with Gasteiger partial charge in [0.1, 0.15) is 5.75 Å². The van der Waals surface area contributed by atoms with Gasteiger partial charge in [-0.25, -0.2) is 12.7 Å². The van der Waals surface area contributed by atoms with Crippen LogP contribution in [-0.2, 0) is 14.8 Å². The van der Waals surface area contributed by atoms with Gasteiger partial charge in [-0.1, -0.05) is 23.2 Å². The van der Waals surface area contributed by atoms with E-state index in [0.29, 0.717) is 21.5 Å². The first kappa shape index (κ1) is 21.3. The molecule has 2 N–H and O–H groups in total. The number of hydrogen-bond donors (Lipinski definition) is 2. The maximum Gasteiger partial charge on any atom is 0.243 e. The molecule has 0 bridgehead atoms. The summed E-state index contributed by atoms with van der Waals surface area (Å²) >= 11 is 11.9. The fourth-order valence-corrected chi connectivity index (χ4v) is 3.56. The summed E-state index contributed by atoms with van der Waals surface area (Å²) in [6.07, 6.45) is 0.